The van der Waals surface area contributed by atoms with Gasteiger partial charge in [0.05, 0.1) is 12.7 Å². The van der Waals surface area contributed by atoms with E-state index in [1.165, 1.54) is 19.2 Å². The van der Waals surface area contributed by atoms with Gasteiger partial charge in [-0.3, -0.25) is 10.1 Å². The van der Waals surface area contributed by atoms with Crippen LogP contribution < -0.4 is 15.4 Å². The molecule has 9 heteroatoms. The Labute approximate surface area is 199 Å². The number of carbonyl (C=O) groups is 1. The number of allylic oxidation sites excluding steroid dienone is 1. The number of nitrogens with zero attached hydrogens (tertiary/aromatic N) is 3. The van der Waals surface area contributed by atoms with Crippen LogP contribution in [0.2, 0.25) is 5.02 Å². The molecule has 1 aromatic heterocycles. The first-order valence-electron chi connectivity index (χ1n) is 10.4. The zero-order valence-electron chi connectivity index (χ0n) is 18.0. The molecule has 1 amide bonds. The fourth-order valence-electron chi connectivity index (χ4n) is 3.74. The summed E-state index contributed by atoms with van der Waals surface area (Å²) in [6.07, 6.45) is 1.96. The molecule has 1 aliphatic rings. The van der Waals surface area contributed by atoms with E-state index >= 15 is 0 Å². The molecule has 3 aromatic carbocycles. The van der Waals surface area contributed by atoms with Crippen molar-refractivity contribution in [1.82, 2.24) is 14.8 Å². The first-order valence-corrected chi connectivity index (χ1v) is 10.8. The summed E-state index contributed by atoms with van der Waals surface area (Å²) in [5.41, 5.74) is 2.85. The van der Waals surface area contributed by atoms with Gasteiger partial charge < -0.3 is 10.1 Å². The molecule has 0 unspecified atom stereocenters. The minimum atomic E-state index is -0.399. The summed E-state index contributed by atoms with van der Waals surface area (Å²) in [5.74, 6) is 0.263. The molecule has 170 valence electrons. The minimum absolute atomic E-state index is 0.122. The SMILES string of the molecule is COc1ccccc1C(=O)Nc1nc2n(n1)[C@H](c1ccc(F)cc1)C=C(c1ccc(Cl)cc1)N2. The highest BCUT2D eigenvalue weighted by molar-refractivity contribution is 6.30. The van der Waals surface area contributed by atoms with E-state index in [2.05, 4.69) is 20.7 Å². The number of fused-ring (bicyclic) bond motifs is 1. The Bertz CT molecular complexity index is 1380. The Hall–Kier alpha value is -4.17. The first kappa shape index (κ1) is 21.7. The average molecular weight is 476 g/mol. The third kappa shape index (κ3) is 4.23. The number of ether oxygens (including phenoxy) is 1. The van der Waals surface area contributed by atoms with Gasteiger partial charge in [-0.05, 0) is 53.6 Å². The number of amides is 1. The van der Waals surface area contributed by atoms with E-state index in [1.54, 1.807) is 53.2 Å². The monoisotopic (exact) mass is 475 g/mol. The van der Waals surface area contributed by atoms with Crippen molar-refractivity contribution in [2.45, 2.75) is 6.04 Å². The molecule has 0 aliphatic carbocycles. The van der Waals surface area contributed by atoms with Crippen LogP contribution in [0.3, 0.4) is 0 Å². The molecule has 0 radical (unpaired) electrons. The van der Waals surface area contributed by atoms with Crippen LogP contribution in [0.1, 0.15) is 27.5 Å². The molecule has 1 atom stereocenters. The van der Waals surface area contributed by atoms with E-state index in [1.807, 2.05) is 18.2 Å². The largest absolute Gasteiger partial charge is 0.496 e. The number of methoxy groups -OCH3 is 1. The van der Waals surface area contributed by atoms with E-state index in [-0.39, 0.29) is 17.8 Å². The molecular weight excluding hydrogens is 457 g/mol. The maximum atomic E-state index is 13.6. The quantitative estimate of drug-likeness (QED) is 0.404. The van der Waals surface area contributed by atoms with Gasteiger partial charge in [-0.2, -0.15) is 4.98 Å². The van der Waals surface area contributed by atoms with Gasteiger partial charge in [-0.25, -0.2) is 9.07 Å². The summed E-state index contributed by atoms with van der Waals surface area (Å²) in [7, 11) is 1.50. The highest BCUT2D eigenvalue weighted by atomic mass is 35.5. The molecule has 0 bridgehead atoms. The average Bonchev–Trinajstić information content (AvgIpc) is 3.26. The van der Waals surface area contributed by atoms with Gasteiger partial charge in [0.25, 0.3) is 11.9 Å². The van der Waals surface area contributed by atoms with Crippen LogP contribution in [-0.4, -0.2) is 27.8 Å². The Morgan fingerprint density at radius 1 is 1.09 bits per heavy atom. The predicted molar refractivity (Wildman–Crippen MR) is 129 cm³/mol. The smallest absolute Gasteiger partial charge is 0.261 e. The summed E-state index contributed by atoms with van der Waals surface area (Å²) < 4.78 is 20.5. The molecule has 0 fully saturated rings. The Morgan fingerprint density at radius 2 is 1.82 bits per heavy atom. The van der Waals surface area contributed by atoms with Crippen LogP contribution in [0.5, 0.6) is 5.75 Å². The fourth-order valence-corrected chi connectivity index (χ4v) is 3.87. The van der Waals surface area contributed by atoms with E-state index < -0.39 is 5.91 Å². The fraction of sp³-hybridized carbons (Fsp3) is 0.0800. The third-order valence-electron chi connectivity index (χ3n) is 5.41. The lowest BCUT2D eigenvalue weighted by Crippen LogP contribution is -2.20. The van der Waals surface area contributed by atoms with Crippen molar-refractivity contribution in [2.75, 3.05) is 17.7 Å². The highest BCUT2D eigenvalue weighted by Gasteiger charge is 2.26. The molecular formula is C25H19ClFN5O2. The number of hydrogen-bond acceptors (Lipinski definition) is 5. The Balaban J connectivity index is 1.51. The number of para-hydroxylation sites is 1. The van der Waals surface area contributed by atoms with E-state index in [0.717, 1.165) is 16.8 Å². The zero-order chi connectivity index (χ0) is 23.7. The maximum Gasteiger partial charge on any atom is 0.261 e. The highest BCUT2D eigenvalue weighted by Crippen LogP contribution is 2.33. The molecule has 5 rings (SSSR count). The number of nitrogens with one attached hydrogen (secondary N) is 2. The van der Waals surface area contributed by atoms with Gasteiger partial charge in [0.1, 0.15) is 17.6 Å². The standard InChI is InChI=1S/C25H19ClFN5O2/c1-34-22-5-3-2-4-19(22)23(33)29-24-30-25-28-20(15-6-10-17(26)11-7-15)14-21(32(25)31-24)16-8-12-18(27)13-9-16/h2-14,21H,1H3,(H2,28,29,30,31,33)/t21-/m0/s1. The van der Waals surface area contributed by atoms with Crippen molar-refractivity contribution in [3.8, 4) is 5.75 Å². The second-order valence-electron chi connectivity index (χ2n) is 7.57. The zero-order valence-corrected chi connectivity index (χ0v) is 18.8. The number of carbonyl (C=O) groups excluding carboxylic acids is 1. The Kier molecular flexibility index (Phi) is 5.73. The van der Waals surface area contributed by atoms with Gasteiger partial charge >= 0.3 is 0 Å². The summed E-state index contributed by atoms with van der Waals surface area (Å²) in [6, 6.07) is 20.1. The molecule has 34 heavy (non-hydrogen) atoms. The van der Waals surface area contributed by atoms with Gasteiger partial charge in [0.2, 0.25) is 5.95 Å². The third-order valence-corrected chi connectivity index (χ3v) is 5.66. The summed E-state index contributed by atoms with van der Waals surface area (Å²) in [5, 5.41) is 11.1. The first-order chi connectivity index (χ1) is 16.5. The molecule has 2 N–H and O–H groups in total. The molecule has 2 heterocycles. The van der Waals surface area contributed by atoms with Gasteiger partial charge in [0.15, 0.2) is 0 Å². The van der Waals surface area contributed by atoms with Crippen molar-refractivity contribution in [1.29, 1.82) is 0 Å². The molecule has 4 aromatic rings. The molecule has 0 spiro atoms. The molecule has 0 saturated carbocycles. The summed E-state index contributed by atoms with van der Waals surface area (Å²) in [4.78, 5) is 17.3. The predicted octanol–water partition coefficient (Wildman–Crippen LogP) is 5.39. The van der Waals surface area contributed by atoms with Crippen LogP contribution in [0, 0.1) is 5.82 Å². The van der Waals surface area contributed by atoms with Crippen molar-refractivity contribution >= 4 is 35.1 Å². The maximum absolute atomic E-state index is 13.6. The summed E-state index contributed by atoms with van der Waals surface area (Å²) in [6.45, 7) is 0. The van der Waals surface area contributed by atoms with Crippen molar-refractivity contribution in [2.24, 2.45) is 0 Å². The van der Waals surface area contributed by atoms with E-state index in [9.17, 15) is 9.18 Å². The van der Waals surface area contributed by atoms with Gasteiger partial charge in [-0.15, -0.1) is 5.10 Å². The molecule has 7 nitrogen and oxygen atoms in total. The number of anilines is 2. The second-order valence-corrected chi connectivity index (χ2v) is 8.00. The summed E-state index contributed by atoms with van der Waals surface area (Å²) >= 11 is 6.04. The van der Waals surface area contributed by atoms with Gasteiger partial charge in [-0.1, -0.05) is 48.0 Å². The van der Waals surface area contributed by atoms with Gasteiger partial charge in [0, 0.05) is 10.7 Å². The van der Waals surface area contributed by atoms with E-state index in [0.29, 0.717) is 22.3 Å². The number of hydrogen-bond donors (Lipinski definition) is 2. The Morgan fingerprint density at radius 3 is 2.56 bits per heavy atom. The van der Waals surface area contributed by atoms with Crippen LogP contribution >= 0.6 is 11.6 Å². The number of rotatable bonds is 5. The topological polar surface area (TPSA) is 81.1 Å². The second kappa shape index (κ2) is 8.99. The van der Waals surface area contributed by atoms with Crippen LogP contribution in [0.25, 0.3) is 5.70 Å². The molecule has 1 aliphatic heterocycles. The van der Waals surface area contributed by atoms with Crippen LogP contribution in [-0.2, 0) is 0 Å². The molecule has 0 saturated heterocycles. The van der Waals surface area contributed by atoms with Crippen LogP contribution in [0.4, 0.5) is 16.3 Å². The van der Waals surface area contributed by atoms with E-state index in [4.69, 9.17) is 16.3 Å². The van der Waals surface area contributed by atoms with Crippen molar-refractivity contribution in [3.05, 3.63) is 106 Å². The van der Waals surface area contributed by atoms with Crippen LogP contribution in [0.15, 0.2) is 78.9 Å². The van der Waals surface area contributed by atoms with Crippen molar-refractivity contribution in [3.63, 3.8) is 0 Å². The normalized spacial score (nSPS) is 14.6. The number of aromatic nitrogens is 3. The lowest BCUT2D eigenvalue weighted by molar-refractivity contribution is 0.102. The number of benzene rings is 3. The minimum Gasteiger partial charge on any atom is -0.496 e. The lowest BCUT2D eigenvalue weighted by Gasteiger charge is -2.24. The van der Waals surface area contributed by atoms with Crippen molar-refractivity contribution < 1.29 is 13.9 Å². The number of halogens is 2. The lowest BCUT2D eigenvalue weighted by atomic mass is 10.0.